The molecule has 0 amide bonds. The minimum atomic E-state index is -1.35. The van der Waals surface area contributed by atoms with Gasteiger partial charge in [0.1, 0.15) is 5.60 Å². The third-order valence-electron chi connectivity index (χ3n) is 7.07. The van der Waals surface area contributed by atoms with Gasteiger partial charge in [-0.25, -0.2) is 9.69 Å². The lowest BCUT2D eigenvalue weighted by Gasteiger charge is -2.48. The van der Waals surface area contributed by atoms with Crippen LogP contribution in [0.1, 0.15) is 66.2 Å². The lowest BCUT2D eigenvalue weighted by Crippen LogP contribution is -2.68. The Morgan fingerprint density at radius 2 is 1.44 bits per heavy atom. The molecule has 0 bridgehead atoms. The molecule has 2 aliphatic heterocycles. The molecule has 2 heterocycles. The van der Waals surface area contributed by atoms with Crippen LogP contribution < -0.4 is 0 Å². The van der Waals surface area contributed by atoms with Gasteiger partial charge in [0, 0.05) is 40.4 Å². The molecular weight excluding hydrogens is 440 g/mol. The summed E-state index contributed by atoms with van der Waals surface area (Å²) in [4.78, 5) is 30.4. The molecule has 1 aliphatic carbocycles. The summed E-state index contributed by atoms with van der Waals surface area (Å²) in [7, 11) is 3.34. The first-order chi connectivity index (χ1) is 16.1. The maximum absolute atomic E-state index is 14.0. The Labute approximate surface area is 204 Å². The number of likely N-dealkylation sites (tertiary alicyclic amines) is 2. The summed E-state index contributed by atoms with van der Waals surface area (Å²) in [5.74, 6) is -1.98. The molecule has 0 aromatic rings. The zero-order chi connectivity index (χ0) is 24.9. The van der Waals surface area contributed by atoms with E-state index in [9.17, 15) is 9.59 Å². The molecule has 3 rings (SSSR count). The predicted octanol–water partition coefficient (Wildman–Crippen LogP) is 2.56. The summed E-state index contributed by atoms with van der Waals surface area (Å²) in [6.07, 6.45) is 4.26. The number of hydrogen-bond acceptors (Lipinski definition) is 9. The van der Waals surface area contributed by atoms with E-state index in [1.165, 1.54) is 0 Å². The van der Waals surface area contributed by atoms with E-state index in [0.29, 0.717) is 45.4 Å². The Kier molecular flexibility index (Phi) is 9.36. The Morgan fingerprint density at radius 1 is 0.882 bits per heavy atom. The van der Waals surface area contributed by atoms with Gasteiger partial charge in [-0.15, -0.1) is 0 Å². The Balaban J connectivity index is 1.89. The molecule has 0 spiro atoms. The average molecular weight is 485 g/mol. The highest BCUT2D eigenvalue weighted by Crippen LogP contribution is 2.38. The van der Waals surface area contributed by atoms with Gasteiger partial charge in [-0.1, -0.05) is 0 Å². The summed E-state index contributed by atoms with van der Waals surface area (Å²) < 4.78 is 29.4. The molecule has 0 aromatic carbocycles. The van der Waals surface area contributed by atoms with E-state index in [1.807, 2.05) is 32.6 Å². The summed E-state index contributed by atoms with van der Waals surface area (Å²) in [6, 6.07) is 0. The fourth-order valence-corrected chi connectivity index (χ4v) is 5.37. The molecule has 3 atom stereocenters. The van der Waals surface area contributed by atoms with E-state index in [2.05, 4.69) is 4.90 Å². The summed E-state index contributed by atoms with van der Waals surface area (Å²) >= 11 is 0. The highest BCUT2D eigenvalue weighted by Gasteiger charge is 2.58. The minimum absolute atomic E-state index is 0.106. The van der Waals surface area contributed by atoms with Crippen molar-refractivity contribution in [1.29, 1.82) is 0 Å². The zero-order valence-electron chi connectivity index (χ0n) is 21.8. The second-order valence-corrected chi connectivity index (χ2v) is 10.6. The van der Waals surface area contributed by atoms with Gasteiger partial charge in [0.2, 0.25) is 0 Å². The van der Waals surface area contributed by atoms with Crippen molar-refractivity contribution in [2.45, 2.75) is 96.0 Å². The van der Waals surface area contributed by atoms with Crippen molar-refractivity contribution in [3.8, 4) is 0 Å². The number of esters is 2. The summed E-state index contributed by atoms with van der Waals surface area (Å²) in [5.41, 5.74) is -0.659. The van der Waals surface area contributed by atoms with Crippen LogP contribution >= 0.6 is 0 Å². The highest BCUT2D eigenvalue weighted by molar-refractivity contribution is 5.79. The van der Waals surface area contributed by atoms with Crippen molar-refractivity contribution in [2.24, 2.45) is 5.92 Å². The number of carbonyl (C=O) groups is 2. The standard InChI is InChI=1S/C25H44N2O7/c1-7-32-22(28)18-10-12-19(13-11-18)33-25(26-14-8-9-15-26,23(29)34-24(2,3)4)27-16-20(30-5)21(17-27)31-6/h18-21H,7-17H2,1-6H3/t18-,19-,20-,21-,25?/m0/s1. The summed E-state index contributed by atoms with van der Waals surface area (Å²) in [6.45, 7) is 10.4. The predicted molar refractivity (Wildman–Crippen MR) is 126 cm³/mol. The van der Waals surface area contributed by atoms with Crippen molar-refractivity contribution in [1.82, 2.24) is 9.80 Å². The van der Waals surface area contributed by atoms with Gasteiger partial charge in [-0.05, 0) is 66.2 Å². The van der Waals surface area contributed by atoms with E-state index in [1.54, 1.807) is 14.2 Å². The number of rotatable bonds is 9. The molecule has 1 saturated carbocycles. The molecule has 3 aliphatic rings. The van der Waals surface area contributed by atoms with Gasteiger partial charge < -0.3 is 23.7 Å². The molecule has 1 unspecified atom stereocenters. The lowest BCUT2D eigenvalue weighted by atomic mass is 9.87. The van der Waals surface area contributed by atoms with Crippen LogP contribution in [-0.2, 0) is 33.3 Å². The van der Waals surface area contributed by atoms with Gasteiger partial charge in [-0.2, -0.15) is 0 Å². The van der Waals surface area contributed by atoms with Crippen molar-refractivity contribution >= 4 is 11.9 Å². The van der Waals surface area contributed by atoms with Gasteiger partial charge in [0.25, 0.3) is 5.85 Å². The van der Waals surface area contributed by atoms with Crippen LogP contribution in [0.25, 0.3) is 0 Å². The molecule has 0 N–H and O–H groups in total. The van der Waals surface area contributed by atoms with Gasteiger partial charge >= 0.3 is 11.9 Å². The van der Waals surface area contributed by atoms with Crippen LogP contribution in [0.3, 0.4) is 0 Å². The monoisotopic (exact) mass is 484 g/mol. The average Bonchev–Trinajstić information content (AvgIpc) is 3.47. The van der Waals surface area contributed by atoms with E-state index in [-0.39, 0.29) is 36.2 Å². The second kappa shape index (κ2) is 11.6. The van der Waals surface area contributed by atoms with E-state index in [0.717, 1.165) is 25.9 Å². The number of carbonyl (C=O) groups excluding carboxylic acids is 2. The Bertz CT molecular complexity index is 671. The highest BCUT2D eigenvalue weighted by atomic mass is 16.6. The van der Waals surface area contributed by atoms with Crippen molar-refractivity contribution in [3.05, 3.63) is 0 Å². The zero-order valence-corrected chi connectivity index (χ0v) is 21.8. The molecular formula is C25H44N2O7. The first-order valence-electron chi connectivity index (χ1n) is 12.8. The third-order valence-corrected chi connectivity index (χ3v) is 7.07. The molecule has 0 radical (unpaired) electrons. The van der Waals surface area contributed by atoms with Crippen LogP contribution in [0.2, 0.25) is 0 Å². The van der Waals surface area contributed by atoms with E-state index < -0.39 is 11.4 Å². The molecule has 0 aromatic heterocycles. The van der Waals surface area contributed by atoms with Gasteiger partial charge in [0.05, 0.1) is 30.8 Å². The molecule has 2 saturated heterocycles. The number of ether oxygens (including phenoxy) is 5. The van der Waals surface area contributed by atoms with Crippen LogP contribution in [-0.4, -0.2) is 98.5 Å². The number of nitrogens with zero attached hydrogens (tertiary/aromatic N) is 2. The quantitative estimate of drug-likeness (QED) is 0.458. The molecule has 9 heteroatoms. The maximum Gasteiger partial charge on any atom is 0.371 e. The molecule has 34 heavy (non-hydrogen) atoms. The lowest BCUT2D eigenvalue weighted by molar-refractivity contribution is -0.275. The first kappa shape index (κ1) is 27.3. The normalized spacial score (nSPS) is 30.8. The molecule has 3 fully saturated rings. The van der Waals surface area contributed by atoms with Gasteiger partial charge in [0.15, 0.2) is 0 Å². The van der Waals surface area contributed by atoms with Crippen molar-refractivity contribution in [2.75, 3.05) is 47.0 Å². The maximum atomic E-state index is 14.0. The number of methoxy groups -OCH3 is 2. The smallest absolute Gasteiger partial charge is 0.371 e. The minimum Gasteiger partial charge on any atom is -0.466 e. The largest absolute Gasteiger partial charge is 0.466 e. The fourth-order valence-electron chi connectivity index (χ4n) is 5.37. The topological polar surface area (TPSA) is 86.8 Å². The van der Waals surface area contributed by atoms with Crippen molar-refractivity contribution in [3.63, 3.8) is 0 Å². The first-order valence-corrected chi connectivity index (χ1v) is 12.8. The Morgan fingerprint density at radius 3 is 1.91 bits per heavy atom. The van der Waals surface area contributed by atoms with Crippen LogP contribution in [0.15, 0.2) is 0 Å². The third kappa shape index (κ3) is 6.10. The van der Waals surface area contributed by atoms with E-state index in [4.69, 9.17) is 23.7 Å². The summed E-state index contributed by atoms with van der Waals surface area (Å²) in [5, 5.41) is 0. The van der Waals surface area contributed by atoms with Crippen molar-refractivity contribution < 1.29 is 33.3 Å². The number of hydrogen-bond donors (Lipinski definition) is 0. The molecule has 9 nitrogen and oxygen atoms in total. The van der Waals surface area contributed by atoms with E-state index >= 15 is 0 Å². The van der Waals surface area contributed by atoms with Crippen LogP contribution in [0.4, 0.5) is 0 Å². The molecule has 196 valence electrons. The SMILES string of the molecule is CCOC(=O)[C@H]1CC[C@H](OC(C(=O)OC(C)(C)C)(N2CCCC2)N2C[C@H](OC)[C@@H](OC)C2)CC1. The Hall–Kier alpha value is -1.26. The second-order valence-electron chi connectivity index (χ2n) is 10.6. The van der Waals surface area contributed by atoms with Crippen LogP contribution in [0.5, 0.6) is 0 Å². The van der Waals surface area contributed by atoms with Gasteiger partial charge in [-0.3, -0.25) is 9.69 Å². The fraction of sp³-hybridized carbons (Fsp3) is 0.920. The van der Waals surface area contributed by atoms with Crippen LogP contribution in [0, 0.1) is 5.92 Å².